The summed E-state index contributed by atoms with van der Waals surface area (Å²) in [6.45, 7) is 1.86. The molecule has 0 aliphatic heterocycles. The van der Waals surface area contributed by atoms with E-state index in [1.165, 1.54) is 12.1 Å². The molecule has 0 N–H and O–H groups in total. The van der Waals surface area contributed by atoms with Crippen molar-refractivity contribution in [3.63, 3.8) is 0 Å². The average molecular weight is 346 g/mol. The lowest BCUT2D eigenvalue weighted by Crippen LogP contribution is -2.01. The fourth-order valence-corrected chi connectivity index (χ4v) is 2.67. The highest BCUT2D eigenvalue weighted by Gasteiger charge is 2.15. The van der Waals surface area contributed by atoms with Gasteiger partial charge in [0.25, 0.3) is 0 Å². The zero-order valence-corrected chi connectivity index (χ0v) is 13.0. The summed E-state index contributed by atoms with van der Waals surface area (Å²) in [6, 6.07) is 14.7. The van der Waals surface area contributed by atoms with Crippen LogP contribution in [-0.2, 0) is 5.33 Å². The first-order chi connectivity index (χ1) is 10.2. The number of alkyl halides is 1. The molecule has 0 atom stereocenters. The van der Waals surface area contributed by atoms with Crippen LogP contribution in [0.3, 0.4) is 0 Å². The second kappa shape index (κ2) is 5.77. The van der Waals surface area contributed by atoms with Crippen molar-refractivity contribution in [2.45, 2.75) is 12.3 Å². The number of halogens is 2. The van der Waals surface area contributed by atoms with E-state index in [1.807, 2.05) is 47.9 Å². The van der Waals surface area contributed by atoms with Crippen LogP contribution >= 0.6 is 15.9 Å². The standard InChI is InChI=1S/C16H13BrFN3/c1-11-7-12(9-13(18)8-11)16-20-19-15(10-17)21(16)14-5-3-2-4-6-14/h2-9H,10H2,1H3. The largest absolute Gasteiger partial charge is 0.278 e. The van der Waals surface area contributed by atoms with Crippen molar-refractivity contribution in [1.82, 2.24) is 14.8 Å². The number of rotatable bonds is 3. The Morgan fingerprint density at radius 3 is 2.52 bits per heavy atom. The van der Waals surface area contributed by atoms with Crippen molar-refractivity contribution >= 4 is 15.9 Å². The zero-order chi connectivity index (χ0) is 14.8. The van der Waals surface area contributed by atoms with Gasteiger partial charge in [-0.2, -0.15) is 0 Å². The summed E-state index contributed by atoms with van der Waals surface area (Å²) >= 11 is 3.42. The van der Waals surface area contributed by atoms with Gasteiger partial charge in [0.05, 0.1) is 5.33 Å². The highest BCUT2D eigenvalue weighted by Crippen LogP contribution is 2.25. The van der Waals surface area contributed by atoms with Gasteiger partial charge < -0.3 is 0 Å². The van der Waals surface area contributed by atoms with Crippen LogP contribution in [0.25, 0.3) is 17.1 Å². The second-order valence-electron chi connectivity index (χ2n) is 4.76. The van der Waals surface area contributed by atoms with Gasteiger partial charge in [-0.3, -0.25) is 4.57 Å². The van der Waals surface area contributed by atoms with Gasteiger partial charge in [-0.05, 0) is 42.8 Å². The highest BCUT2D eigenvalue weighted by molar-refractivity contribution is 9.08. The van der Waals surface area contributed by atoms with E-state index in [1.54, 1.807) is 0 Å². The van der Waals surface area contributed by atoms with Crippen LogP contribution in [0.5, 0.6) is 0 Å². The third-order valence-corrected chi connectivity index (χ3v) is 3.67. The van der Waals surface area contributed by atoms with E-state index in [0.717, 1.165) is 22.6 Å². The SMILES string of the molecule is Cc1cc(F)cc(-c2nnc(CBr)n2-c2ccccc2)c1. The maximum absolute atomic E-state index is 13.7. The number of aryl methyl sites for hydroxylation is 1. The van der Waals surface area contributed by atoms with E-state index in [2.05, 4.69) is 26.1 Å². The smallest absolute Gasteiger partial charge is 0.168 e. The predicted molar refractivity (Wildman–Crippen MR) is 84.1 cm³/mol. The zero-order valence-electron chi connectivity index (χ0n) is 11.4. The van der Waals surface area contributed by atoms with Gasteiger partial charge in [-0.15, -0.1) is 10.2 Å². The lowest BCUT2D eigenvalue weighted by atomic mass is 10.1. The van der Waals surface area contributed by atoms with Crippen molar-refractivity contribution in [3.05, 3.63) is 65.7 Å². The molecule has 0 aliphatic rings. The Morgan fingerprint density at radius 1 is 1.10 bits per heavy atom. The molecule has 5 heteroatoms. The Labute approximate surface area is 130 Å². The molecule has 2 aromatic carbocycles. The molecule has 21 heavy (non-hydrogen) atoms. The Kier molecular flexibility index (Phi) is 3.84. The molecule has 0 amide bonds. The van der Waals surface area contributed by atoms with Crippen LogP contribution in [0.15, 0.2) is 48.5 Å². The Balaban J connectivity index is 2.22. The summed E-state index contributed by atoms with van der Waals surface area (Å²) in [7, 11) is 0. The maximum atomic E-state index is 13.7. The van der Waals surface area contributed by atoms with Crippen molar-refractivity contribution in [2.24, 2.45) is 0 Å². The van der Waals surface area contributed by atoms with Crippen LogP contribution in [0.4, 0.5) is 4.39 Å². The summed E-state index contributed by atoms with van der Waals surface area (Å²) in [6.07, 6.45) is 0. The van der Waals surface area contributed by atoms with E-state index in [9.17, 15) is 4.39 Å². The molecule has 0 radical (unpaired) electrons. The van der Waals surface area contributed by atoms with E-state index in [4.69, 9.17) is 0 Å². The van der Waals surface area contributed by atoms with Crippen LogP contribution in [0.1, 0.15) is 11.4 Å². The minimum Gasteiger partial charge on any atom is -0.278 e. The Bertz CT molecular complexity index is 748. The molecule has 0 unspecified atom stereocenters. The number of benzene rings is 2. The lowest BCUT2D eigenvalue weighted by molar-refractivity contribution is 0.627. The molecule has 3 rings (SSSR count). The first-order valence-corrected chi connectivity index (χ1v) is 7.64. The van der Waals surface area contributed by atoms with Gasteiger partial charge in [-0.25, -0.2) is 4.39 Å². The summed E-state index contributed by atoms with van der Waals surface area (Å²) in [5.41, 5.74) is 2.53. The molecular formula is C16H13BrFN3. The Hall–Kier alpha value is -2.01. The molecule has 0 saturated carbocycles. The van der Waals surface area contributed by atoms with Gasteiger partial charge in [0, 0.05) is 11.3 Å². The van der Waals surface area contributed by atoms with Crippen LogP contribution < -0.4 is 0 Å². The average Bonchev–Trinajstić information content (AvgIpc) is 2.91. The molecule has 106 valence electrons. The minimum absolute atomic E-state index is 0.270. The lowest BCUT2D eigenvalue weighted by Gasteiger charge is -2.10. The van der Waals surface area contributed by atoms with Gasteiger partial charge in [0.1, 0.15) is 11.6 Å². The number of hydrogen-bond acceptors (Lipinski definition) is 2. The van der Waals surface area contributed by atoms with Crippen molar-refractivity contribution in [1.29, 1.82) is 0 Å². The molecule has 0 aliphatic carbocycles. The fourth-order valence-electron chi connectivity index (χ4n) is 2.30. The normalized spacial score (nSPS) is 10.8. The van der Waals surface area contributed by atoms with Gasteiger partial charge in [-0.1, -0.05) is 34.1 Å². The first-order valence-electron chi connectivity index (χ1n) is 6.52. The quantitative estimate of drug-likeness (QED) is 0.663. The number of para-hydroxylation sites is 1. The number of nitrogens with zero attached hydrogens (tertiary/aromatic N) is 3. The molecule has 0 saturated heterocycles. The third kappa shape index (κ3) is 2.74. The highest BCUT2D eigenvalue weighted by atomic mass is 79.9. The van der Waals surface area contributed by atoms with E-state index in [0.29, 0.717) is 11.2 Å². The number of aromatic nitrogens is 3. The van der Waals surface area contributed by atoms with Gasteiger partial charge in [0.15, 0.2) is 5.82 Å². The molecule has 1 aromatic heterocycles. The first kappa shape index (κ1) is 13.9. The van der Waals surface area contributed by atoms with E-state index >= 15 is 0 Å². The fraction of sp³-hybridized carbons (Fsp3) is 0.125. The van der Waals surface area contributed by atoms with Crippen molar-refractivity contribution in [3.8, 4) is 17.1 Å². The number of hydrogen-bond donors (Lipinski definition) is 0. The van der Waals surface area contributed by atoms with Crippen molar-refractivity contribution < 1.29 is 4.39 Å². The molecule has 3 nitrogen and oxygen atoms in total. The Morgan fingerprint density at radius 2 is 1.86 bits per heavy atom. The van der Waals surface area contributed by atoms with Crippen molar-refractivity contribution in [2.75, 3.05) is 0 Å². The molecule has 1 heterocycles. The molecular weight excluding hydrogens is 333 g/mol. The van der Waals surface area contributed by atoms with Gasteiger partial charge in [0.2, 0.25) is 0 Å². The summed E-state index contributed by atoms with van der Waals surface area (Å²) in [5.74, 6) is 1.14. The van der Waals surface area contributed by atoms with E-state index in [-0.39, 0.29) is 5.82 Å². The summed E-state index contributed by atoms with van der Waals surface area (Å²) in [4.78, 5) is 0. The molecule has 0 fully saturated rings. The van der Waals surface area contributed by atoms with Crippen LogP contribution in [0, 0.1) is 12.7 Å². The monoisotopic (exact) mass is 345 g/mol. The minimum atomic E-state index is -0.270. The second-order valence-corrected chi connectivity index (χ2v) is 5.32. The molecule has 3 aromatic rings. The molecule has 0 spiro atoms. The summed E-state index contributed by atoms with van der Waals surface area (Å²) in [5, 5.41) is 9.00. The molecule has 0 bridgehead atoms. The maximum Gasteiger partial charge on any atom is 0.168 e. The van der Waals surface area contributed by atoms with Crippen LogP contribution in [0.2, 0.25) is 0 Å². The van der Waals surface area contributed by atoms with Gasteiger partial charge >= 0.3 is 0 Å². The third-order valence-electron chi connectivity index (χ3n) is 3.16. The predicted octanol–water partition coefficient (Wildman–Crippen LogP) is 4.28. The summed E-state index contributed by atoms with van der Waals surface area (Å²) < 4.78 is 15.6. The van der Waals surface area contributed by atoms with E-state index < -0.39 is 0 Å². The van der Waals surface area contributed by atoms with Crippen LogP contribution in [-0.4, -0.2) is 14.8 Å². The topological polar surface area (TPSA) is 30.7 Å².